The molecule has 1 amide bonds. The van der Waals surface area contributed by atoms with Gasteiger partial charge >= 0.3 is 0 Å². The third-order valence-electron chi connectivity index (χ3n) is 10.5. The highest BCUT2D eigenvalue weighted by molar-refractivity contribution is 6.83. The molecule has 2 saturated heterocycles. The highest BCUT2D eigenvalue weighted by Gasteiger charge is 2.31. The number of piperazine rings is 2. The summed E-state index contributed by atoms with van der Waals surface area (Å²) < 4.78 is 27.6. The summed E-state index contributed by atoms with van der Waals surface area (Å²) in [6, 6.07) is 31.5. The van der Waals surface area contributed by atoms with Crippen molar-refractivity contribution < 1.29 is 28.0 Å². The molecule has 14 nitrogen and oxygen atoms in total. The molecule has 0 atom stereocenters. The molecule has 8 rings (SSSR count). The molecule has 6 aromatic rings. The van der Waals surface area contributed by atoms with Gasteiger partial charge in [-0.15, -0.1) is 0 Å². The van der Waals surface area contributed by atoms with Crippen molar-refractivity contribution in [1.29, 1.82) is 10.5 Å². The van der Waals surface area contributed by atoms with Gasteiger partial charge in [0.15, 0.2) is 0 Å². The largest absolute Gasteiger partial charge is 0.377 e. The van der Waals surface area contributed by atoms with E-state index >= 15 is 0 Å². The fraction of sp³-hybridized carbons (Fsp3) is 0.167. The van der Waals surface area contributed by atoms with E-state index < -0.39 is 34.4 Å². The first kappa shape index (κ1) is 46.1. The average molecular weight is 891 g/mol. The Balaban J connectivity index is 0.000000178. The van der Waals surface area contributed by atoms with Crippen LogP contribution in [0.5, 0.6) is 0 Å². The molecule has 4 heterocycles. The van der Waals surface area contributed by atoms with Crippen molar-refractivity contribution in [2.24, 2.45) is 0 Å². The number of Topliss-reactive ketones (excluding diaryl/α,β-unsaturated/α-hetero) is 2. The highest BCUT2D eigenvalue weighted by atomic mass is 35.5. The zero-order valence-electron chi connectivity index (χ0n) is 34.4. The van der Waals surface area contributed by atoms with Gasteiger partial charge < -0.3 is 30.0 Å². The molecule has 324 valence electrons. The summed E-state index contributed by atoms with van der Waals surface area (Å²) in [5.41, 5.74) is 3.97. The van der Waals surface area contributed by atoms with E-state index in [-0.39, 0.29) is 46.4 Å². The molecule has 0 aliphatic carbocycles. The van der Waals surface area contributed by atoms with Crippen molar-refractivity contribution >= 4 is 67.5 Å². The van der Waals surface area contributed by atoms with Gasteiger partial charge in [-0.2, -0.15) is 0 Å². The Morgan fingerprint density at radius 3 is 1.42 bits per heavy atom. The zero-order chi connectivity index (χ0) is 46.5. The van der Waals surface area contributed by atoms with Gasteiger partial charge in [0.2, 0.25) is 5.78 Å². The lowest BCUT2D eigenvalue weighted by atomic mass is 10.1. The van der Waals surface area contributed by atoms with Gasteiger partial charge in [-0.1, -0.05) is 72.8 Å². The van der Waals surface area contributed by atoms with Crippen LogP contribution in [0, 0.1) is 47.4 Å². The molecule has 0 radical (unpaired) electrons. The number of H-pyrrole nitrogens is 2. The number of aromatic nitrogens is 2. The molecule has 2 aromatic heterocycles. The second kappa shape index (κ2) is 21.6. The number of ketones is 2. The lowest BCUT2D eigenvalue weighted by Crippen LogP contribution is -2.50. The Hall–Kier alpha value is -8.41. The van der Waals surface area contributed by atoms with E-state index in [1.54, 1.807) is 12.1 Å². The fourth-order valence-corrected chi connectivity index (χ4v) is 7.52. The van der Waals surface area contributed by atoms with Gasteiger partial charge in [-0.25, -0.2) is 29.0 Å². The van der Waals surface area contributed by atoms with Gasteiger partial charge in [0.1, 0.15) is 11.6 Å². The molecule has 0 spiro atoms. The number of nitrogens with zero attached hydrogens (tertiary/aromatic N) is 7. The molecule has 0 saturated carbocycles. The van der Waals surface area contributed by atoms with Crippen LogP contribution in [-0.4, -0.2) is 99.7 Å². The number of fused-ring (bicyclic) bond motifs is 2. The fourth-order valence-electron chi connectivity index (χ4n) is 7.42. The number of allylic oxidation sites excluding steroid dienone is 2. The summed E-state index contributed by atoms with van der Waals surface area (Å²) in [7, 11) is 0. The van der Waals surface area contributed by atoms with Crippen LogP contribution in [0.15, 0.2) is 121 Å². The maximum absolute atomic E-state index is 14.2. The van der Waals surface area contributed by atoms with E-state index in [0.29, 0.717) is 29.8 Å². The van der Waals surface area contributed by atoms with Gasteiger partial charge in [-0.3, -0.25) is 19.2 Å². The third-order valence-corrected chi connectivity index (χ3v) is 10.6. The van der Waals surface area contributed by atoms with Crippen LogP contribution >= 0.6 is 11.6 Å². The van der Waals surface area contributed by atoms with Crippen LogP contribution < -0.4 is 5.32 Å². The molecule has 2 aliphatic rings. The molecule has 3 N–H and O–H groups in total. The molecule has 2 aliphatic heterocycles. The van der Waals surface area contributed by atoms with E-state index in [0.717, 1.165) is 43.0 Å². The standard InChI is InChI=1S/C24H18FN5O2.C14H14N4.C10H5ClFNO2/c1-27-20(14-26)22(16-6-3-2-4-7-16)29-10-12-30(13-11-29)24(32)23(31)17-15-28-19-9-5-8-18(25)21(17)19;1-16-13(11-15)14(12-5-3-2-4-6-12)18-9-7-17-8-10-18;11-10(15)9(14)5-4-13-7-3-1-2-6(12)8(5)7/h2-9,15,28H,10-13H2;2-6,17H,7-10H2;1-4,13H/b22-20-;14-13-;. The molecular weight excluding hydrogens is 854 g/mol. The van der Waals surface area contributed by atoms with Crippen LogP contribution in [0.2, 0.25) is 0 Å². The average Bonchev–Trinajstić information content (AvgIpc) is 4.00. The second-order valence-electron chi connectivity index (χ2n) is 14.3. The number of nitrogens with one attached hydrogen (secondary N) is 3. The SMILES string of the molecule is O=C(Cl)C(=O)c1c[nH]c2cccc(F)c12.[C-]#[N+]/C(C#N)=C(/c1ccccc1)N1CCN(C(=O)C(=O)c2c[nH]c3cccc(F)c23)CC1.[C-]#[N+]/C(C#N)=C(/c1ccccc1)N1CCNCC1. The molecule has 2 fully saturated rings. The second-order valence-corrected chi connectivity index (χ2v) is 14.6. The monoisotopic (exact) mass is 890 g/mol. The summed E-state index contributed by atoms with van der Waals surface area (Å²) in [5.74, 6) is -3.51. The maximum atomic E-state index is 14.2. The number of carbonyl (C=O) groups is 4. The predicted molar refractivity (Wildman–Crippen MR) is 240 cm³/mol. The Morgan fingerprint density at radius 1 is 0.585 bits per heavy atom. The number of amides is 1. The van der Waals surface area contributed by atoms with Crippen molar-refractivity contribution in [3.63, 3.8) is 0 Å². The predicted octanol–water partition coefficient (Wildman–Crippen LogP) is 7.40. The van der Waals surface area contributed by atoms with Gasteiger partial charge in [-0.05, 0) is 47.0 Å². The molecule has 0 unspecified atom stereocenters. The molecule has 0 bridgehead atoms. The smallest absolute Gasteiger partial charge is 0.295 e. The number of nitriles is 2. The van der Waals surface area contributed by atoms with E-state index in [4.69, 9.17) is 30.0 Å². The zero-order valence-corrected chi connectivity index (χ0v) is 35.2. The van der Waals surface area contributed by atoms with Crippen LogP contribution in [0.25, 0.3) is 42.9 Å². The minimum absolute atomic E-state index is 0.00942. The Labute approximate surface area is 376 Å². The number of halogens is 3. The molecule has 4 aromatic carbocycles. The van der Waals surface area contributed by atoms with E-state index in [9.17, 15) is 33.2 Å². The quantitative estimate of drug-likeness (QED) is 0.0462. The first-order valence-corrected chi connectivity index (χ1v) is 20.3. The summed E-state index contributed by atoms with van der Waals surface area (Å²) in [4.78, 5) is 65.3. The lowest BCUT2D eigenvalue weighted by molar-refractivity contribution is -0.127. The molecule has 17 heteroatoms. The number of benzene rings is 4. The van der Waals surface area contributed by atoms with Crippen molar-refractivity contribution in [3.8, 4) is 12.1 Å². The topological polar surface area (TPSA) is 178 Å². The maximum Gasteiger partial charge on any atom is 0.295 e. The summed E-state index contributed by atoms with van der Waals surface area (Å²) in [5, 5.41) is 20.9. The lowest BCUT2D eigenvalue weighted by Gasteiger charge is -2.37. The number of rotatable bonds is 8. The summed E-state index contributed by atoms with van der Waals surface area (Å²) in [6.07, 6.45) is 2.63. The van der Waals surface area contributed by atoms with Crippen LogP contribution in [-0.2, 0) is 9.59 Å². The first-order chi connectivity index (χ1) is 31.5. The number of aromatic amines is 2. The third kappa shape index (κ3) is 10.5. The van der Waals surface area contributed by atoms with Crippen LogP contribution in [0.3, 0.4) is 0 Å². The van der Waals surface area contributed by atoms with Crippen molar-refractivity contribution in [2.45, 2.75) is 0 Å². The van der Waals surface area contributed by atoms with Gasteiger partial charge in [0, 0.05) is 86.6 Å². The normalized spacial score (nSPS) is 14.1. The van der Waals surface area contributed by atoms with Crippen molar-refractivity contribution in [1.82, 2.24) is 30.0 Å². The number of hydrogen-bond acceptors (Lipinski definition) is 9. The van der Waals surface area contributed by atoms with Gasteiger partial charge in [0.05, 0.1) is 47.8 Å². The van der Waals surface area contributed by atoms with E-state index in [2.05, 4.69) is 29.9 Å². The highest BCUT2D eigenvalue weighted by Crippen LogP contribution is 2.28. The Morgan fingerprint density at radius 2 is 1.00 bits per heavy atom. The van der Waals surface area contributed by atoms with Crippen molar-refractivity contribution in [3.05, 3.63) is 178 Å². The van der Waals surface area contributed by atoms with E-state index in [1.807, 2.05) is 77.7 Å². The number of hydrogen-bond donors (Lipinski definition) is 3. The molecule has 65 heavy (non-hydrogen) atoms. The summed E-state index contributed by atoms with van der Waals surface area (Å²) >= 11 is 5.05. The van der Waals surface area contributed by atoms with Crippen LogP contribution in [0.4, 0.5) is 8.78 Å². The molecular formula is C48H37ClF2N10O4. The van der Waals surface area contributed by atoms with Crippen LogP contribution in [0.1, 0.15) is 31.8 Å². The number of carbonyl (C=O) groups excluding carboxylic acids is 4. The van der Waals surface area contributed by atoms with Gasteiger partial charge in [0.25, 0.3) is 28.3 Å². The Kier molecular flexibility index (Phi) is 15.3. The minimum Gasteiger partial charge on any atom is -0.377 e. The van der Waals surface area contributed by atoms with E-state index in [1.165, 1.54) is 41.6 Å². The summed E-state index contributed by atoms with van der Waals surface area (Å²) in [6.45, 7) is 19.1. The van der Waals surface area contributed by atoms with Crippen molar-refractivity contribution in [2.75, 3.05) is 52.4 Å². The first-order valence-electron chi connectivity index (χ1n) is 20.0. The Bertz CT molecular complexity index is 2960. The minimum atomic E-state index is -1.13.